The Morgan fingerprint density at radius 1 is 1.42 bits per heavy atom. The number of nitrogens with zero attached hydrogens (tertiary/aromatic N) is 1. The Morgan fingerprint density at radius 2 is 2.16 bits per heavy atom. The van der Waals surface area contributed by atoms with Crippen molar-refractivity contribution in [2.24, 2.45) is 5.92 Å². The molecule has 1 amide bonds. The summed E-state index contributed by atoms with van der Waals surface area (Å²) >= 11 is 0. The zero-order valence-electron chi connectivity index (χ0n) is 11.0. The van der Waals surface area contributed by atoms with E-state index in [1.807, 2.05) is 19.1 Å². The third kappa shape index (κ3) is 2.54. The first-order chi connectivity index (χ1) is 9.04. The standard InChI is InChI=1S/C14H17NO4/c1-9-4-3-5-11(19-2)12(9)13(16)15-7-6-10(8-15)14(17)18/h3-5,10H,6-8H2,1-2H3,(H,17,18). The van der Waals surface area contributed by atoms with Crippen LogP contribution in [0.25, 0.3) is 0 Å². The van der Waals surface area contributed by atoms with E-state index in [-0.39, 0.29) is 12.5 Å². The van der Waals surface area contributed by atoms with Gasteiger partial charge < -0.3 is 14.7 Å². The first kappa shape index (κ1) is 13.4. The van der Waals surface area contributed by atoms with Crippen LogP contribution in [0.15, 0.2) is 18.2 Å². The van der Waals surface area contributed by atoms with E-state index < -0.39 is 11.9 Å². The van der Waals surface area contributed by atoms with Gasteiger partial charge in [0, 0.05) is 13.1 Å². The molecule has 19 heavy (non-hydrogen) atoms. The lowest BCUT2D eigenvalue weighted by atomic mass is 10.1. The van der Waals surface area contributed by atoms with E-state index in [0.717, 1.165) is 5.56 Å². The summed E-state index contributed by atoms with van der Waals surface area (Å²) in [6.07, 6.45) is 0.509. The van der Waals surface area contributed by atoms with E-state index in [1.54, 1.807) is 11.0 Å². The van der Waals surface area contributed by atoms with Crippen molar-refractivity contribution < 1.29 is 19.4 Å². The molecule has 102 valence electrons. The van der Waals surface area contributed by atoms with Gasteiger partial charge in [-0.15, -0.1) is 0 Å². The summed E-state index contributed by atoms with van der Waals surface area (Å²) in [6, 6.07) is 5.42. The molecular formula is C14H17NO4. The molecule has 1 saturated heterocycles. The number of ether oxygens (including phenoxy) is 1. The van der Waals surface area contributed by atoms with E-state index in [4.69, 9.17) is 9.84 Å². The maximum Gasteiger partial charge on any atom is 0.308 e. The number of benzene rings is 1. The van der Waals surface area contributed by atoms with Crippen LogP contribution in [0.2, 0.25) is 0 Å². The predicted octanol–water partition coefficient (Wildman–Crippen LogP) is 1.55. The lowest BCUT2D eigenvalue weighted by Crippen LogP contribution is -2.30. The highest BCUT2D eigenvalue weighted by molar-refractivity contribution is 5.98. The number of carboxylic acids is 1. The summed E-state index contributed by atoms with van der Waals surface area (Å²) in [6.45, 7) is 2.60. The SMILES string of the molecule is COc1cccc(C)c1C(=O)N1CCC(C(=O)O)C1. The van der Waals surface area contributed by atoms with Gasteiger partial charge in [0.1, 0.15) is 5.75 Å². The maximum atomic E-state index is 12.5. The predicted molar refractivity (Wildman–Crippen MR) is 69.4 cm³/mol. The van der Waals surface area contributed by atoms with Crippen molar-refractivity contribution in [2.45, 2.75) is 13.3 Å². The minimum atomic E-state index is -0.841. The third-order valence-electron chi connectivity index (χ3n) is 3.49. The zero-order valence-corrected chi connectivity index (χ0v) is 11.0. The highest BCUT2D eigenvalue weighted by Crippen LogP contribution is 2.26. The summed E-state index contributed by atoms with van der Waals surface area (Å²) in [4.78, 5) is 25.0. The number of likely N-dealkylation sites (tertiary alicyclic amines) is 1. The largest absolute Gasteiger partial charge is 0.496 e. The molecule has 2 rings (SSSR count). The fraction of sp³-hybridized carbons (Fsp3) is 0.429. The van der Waals surface area contributed by atoms with Crippen LogP contribution in [0.4, 0.5) is 0 Å². The number of aliphatic carboxylic acids is 1. The second-order valence-electron chi connectivity index (χ2n) is 4.73. The van der Waals surface area contributed by atoms with Crippen molar-refractivity contribution >= 4 is 11.9 Å². The summed E-state index contributed by atoms with van der Waals surface area (Å²) < 4.78 is 5.22. The normalized spacial score (nSPS) is 18.4. The second kappa shape index (κ2) is 5.30. The van der Waals surface area contributed by atoms with Crippen molar-refractivity contribution in [3.05, 3.63) is 29.3 Å². The summed E-state index contributed by atoms with van der Waals surface area (Å²) in [5, 5.41) is 8.98. The van der Waals surface area contributed by atoms with Crippen LogP contribution in [0.5, 0.6) is 5.75 Å². The van der Waals surface area contributed by atoms with E-state index in [0.29, 0.717) is 24.3 Å². The topological polar surface area (TPSA) is 66.8 Å². The molecule has 1 atom stereocenters. The molecule has 5 nitrogen and oxygen atoms in total. The van der Waals surface area contributed by atoms with Crippen LogP contribution in [-0.4, -0.2) is 42.1 Å². The van der Waals surface area contributed by atoms with Gasteiger partial charge in [-0.1, -0.05) is 12.1 Å². The average Bonchev–Trinajstić information content (AvgIpc) is 2.87. The molecule has 0 aromatic heterocycles. The molecule has 1 aliphatic heterocycles. The van der Waals surface area contributed by atoms with Crippen LogP contribution in [0.3, 0.4) is 0 Å². The number of rotatable bonds is 3. The van der Waals surface area contributed by atoms with Gasteiger partial charge in [-0.05, 0) is 25.0 Å². The number of carbonyl (C=O) groups excluding carboxylic acids is 1. The molecule has 5 heteroatoms. The number of aryl methyl sites for hydroxylation is 1. The van der Waals surface area contributed by atoms with Gasteiger partial charge in [0.25, 0.3) is 5.91 Å². The van der Waals surface area contributed by atoms with Crippen molar-refractivity contribution in [1.82, 2.24) is 4.90 Å². The molecule has 0 bridgehead atoms. The Balaban J connectivity index is 2.24. The fourth-order valence-corrected chi connectivity index (χ4v) is 2.39. The minimum absolute atomic E-state index is 0.154. The number of amides is 1. The van der Waals surface area contributed by atoms with Gasteiger partial charge in [-0.25, -0.2) is 0 Å². The zero-order chi connectivity index (χ0) is 14.0. The smallest absolute Gasteiger partial charge is 0.308 e. The Morgan fingerprint density at radius 3 is 2.74 bits per heavy atom. The van der Waals surface area contributed by atoms with E-state index in [9.17, 15) is 9.59 Å². The number of hydrogen-bond donors (Lipinski definition) is 1. The summed E-state index contributed by atoms with van der Waals surface area (Å²) in [5.74, 6) is -0.923. The van der Waals surface area contributed by atoms with Crippen molar-refractivity contribution in [2.75, 3.05) is 20.2 Å². The Hall–Kier alpha value is -2.04. The van der Waals surface area contributed by atoms with Gasteiger partial charge in [-0.2, -0.15) is 0 Å². The molecule has 1 aromatic carbocycles. The van der Waals surface area contributed by atoms with E-state index in [2.05, 4.69) is 0 Å². The average molecular weight is 263 g/mol. The molecule has 0 saturated carbocycles. The molecule has 1 aromatic rings. The molecular weight excluding hydrogens is 246 g/mol. The maximum absolute atomic E-state index is 12.5. The van der Waals surface area contributed by atoms with Crippen LogP contribution < -0.4 is 4.74 Å². The Kier molecular flexibility index (Phi) is 3.74. The van der Waals surface area contributed by atoms with E-state index in [1.165, 1.54) is 7.11 Å². The summed E-state index contributed by atoms with van der Waals surface area (Å²) in [7, 11) is 1.52. The fourth-order valence-electron chi connectivity index (χ4n) is 2.39. The summed E-state index contributed by atoms with van der Waals surface area (Å²) in [5.41, 5.74) is 1.36. The number of carboxylic acid groups (broad SMARTS) is 1. The highest BCUT2D eigenvalue weighted by atomic mass is 16.5. The first-order valence-electron chi connectivity index (χ1n) is 6.20. The number of carbonyl (C=O) groups is 2. The van der Waals surface area contributed by atoms with Crippen LogP contribution in [0.1, 0.15) is 22.3 Å². The molecule has 1 fully saturated rings. The lowest BCUT2D eigenvalue weighted by Gasteiger charge is -2.19. The highest BCUT2D eigenvalue weighted by Gasteiger charge is 2.32. The van der Waals surface area contributed by atoms with Gasteiger partial charge in [0.2, 0.25) is 0 Å². The van der Waals surface area contributed by atoms with Crippen molar-refractivity contribution in [3.8, 4) is 5.75 Å². The molecule has 0 radical (unpaired) electrons. The van der Waals surface area contributed by atoms with Gasteiger partial charge in [0.05, 0.1) is 18.6 Å². The molecule has 1 N–H and O–H groups in total. The minimum Gasteiger partial charge on any atom is -0.496 e. The Bertz CT molecular complexity index is 512. The van der Waals surface area contributed by atoms with Crippen LogP contribution in [-0.2, 0) is 4.79 Å². The van der Waals surface area contributed by atoms with Crippen molar-refractivity contribution in [3.63, 3.8) is 0 Å². The van der Waals surface area contributed by atoms with Gasteiger partial charge in [-0.3, -0.25) is 9.59 Å². The van der Waals surface area contributed by atoms with Crippen LogP contribution >= 0.6 is 0 Å². The number of methoxy groups -OCH3 is 1. The molecule has 1 aliphatic rings. The van der Waals surface area contributed by atoms with E-state index >= 15 is 0 Å². The lowest BCUT2D eigenvalue weighted by molar-refractivity contribution is -0.141. The molecule has 0 aliphatic carbocycles. The number of hydrogen-bond acceptors (Lipinski definition) is 3. The first-order valence-corrected chi connectivity index (χ1v) is 6.20. The quantitative estimate of drug-likeness (QED) is 0.898. The van der Waals surface area contributed by atoms with Crippen molar-refractivity contribution in [1.29, 1.82) is 0 Å². The molecule has 1 heterocycles. The van der Waals surface area contributed by atoms with Gasteiger partial charge >= 0.3 is 5.97 Å². The van der Waals surface area contributed by atoms with Crippen LogP contribution in [0, 0.1) is 12.8 Å². The molecule has 0 spiro atoms. The Labute approximate surface area is 111 Å². The third-order valence-corrected chi connectivity index (χ3v) is 3.49. The molecule has 1 unspecified atom stereocenters. The van der Waals surface area contributed by atoms with Gasteiger partial charge in [0.15, 0.2) is 0 Å². The monoisotopic (exact) mass is 263 g/mol. The second-order valence-corrected chi connectivity index (χ2v) is 4.73.